The number of carbonyl (C=O) groups excluding carboxylic acids is 1. The number of thiophene rings is 1. The number of fused-ring (bicyclic) bond motifs is 1. The van der Waals surface area contributed by atoms with E-state index in [9.17, 15) is 4.79 Å². The smallest absolute Gasteiger partial charge is 0.283 e. The summed E-state index contributed by atoms with van der Waals surface area (Å²) in [7, 11) is 0. The van der Waals surface area contributed by atoms with E-state index >= 15 is 0 Å². The molecule has 1 N–H and O–H groups in total. The van der Waals surface area contributed by atoms with Crippen molar-refractivity contribution in [2.45, 2.75) is 6.42 Å². The molecule has 148 valence electrons. The Morgan fingerprint density at radius 3 is 2.83 bits per heavy atom. The zero-order valence-corrected chi connectivity index (χ0v) is 17.7. The Bertz CT molecular complexity index is 1260. The van der Waals surface area contributed by atoms with Gasteiger partial charge in [0, 0.05) is 16.9 Å². The standard InChI is InChI=1S/C21H13ClN4O2S2/c22-16-6-2-1-5-14(16)17-8-7-12(28-17)10-15-19(23)26-21(24-20(15)27)30-18(25-26)11-13-4-3-9-29-13/h1-10,23H,11H2. The zero-order valence-electron chi connectivity index (χ0n) is 15.3. The first-order valence-electron chi connectivity index (χ1n) is 8.95. The number of hydrogen-bond donors (Lipinski definition) is 1. The van der Waals surface area contributed by atoms with Gasteiger partial charge in [-0.1, -0.05) is 29.8 Å². The first-order chi connectivity index (χ1) is 14.6. The van der Waals surface area contributed by atoms with Gasteiger partial charge in [-0.2, -0.15) is 15.1 Å². The molecule has 0 fully saturated rings. The highest BCUT2D eigenvalue weighted by Gasteiger charge is 2.35. The van der Waals surface area contributed by atoms with E-state index < -0.39 is 5.91 Å². The van der Waals surface area contributed by atoms with Gasteiger partial charge in [0.25, 0.3) is 5.91 Å². The van der Waals surface area contributed by atoms with Crippen molar-refractivity contribution in [3.63, 3.8) is 0 Å². The van der Waals surface area contributed by atoms with Crippen molar-refractivity contribution in [1.29, 1.82) is 5.41 Å². The van der Waals surface area contributed by atoms with E-state index in [0.29, 0.717) is 28.1 Å². The van der Waals surface area contributed by atoms with Crippen molar-refractivity contribution in [2.24, 2.45) is 10.1 Å². The molecule has 9 heteroatoms. The van der Waals surface area contributed by atoms with Gasteiger partial charge in [-0.25, -0.2) is 0 Å². The van der Waals surface area contributed by atoms with Gasteiger partial charge < -0.3 is 4.42 Å². The molecule has 3 aromatic rings. The molecule has 0 atom stereocenters. The summed E-state index contributed by atoms with van der Waals surface area (Å²) in [6.07, 6.45) is 2.17. The molecule has 0 unspecified atom stereocenters. The molecule has 5 rings (SSSR count). The average molecular weight is 453 g/mol. The fraction of sp³-hybridized carbons (Fsp3) is 0.0476. The lowest BCUT2D eigenvalue weighted by Gasteiger charge is -2.19. The number of furan rings is 1. The Morgan fingerprint density at radius 1 is 1.17 bits per heavy atom. The molecule has 0 bridgehead atoms. The molecule has 0 radical (unpaired) electrons. The van der Waals surface area contributed by atoms with E-state index in [1.807, 2.05) is 35.7 Å². The molecule has 6 nitrogen and oxygen atoms in total. The van der Waals surface area contributed by atoms with Gasteiger partial charge in [-0.15, -0.1) is 11.3 Å². The normalized spacial score (nSPS) is 17.4. The van der Waals surface area contributed by atoms with Crippen molar-refractivity contribution in [3.05, 3.63) is 75.1 Å². The number of benzene rings is 1. The summed E-state index contributed by atoms with van der Waals surface area (Å²) in [6.45, 7) is 0. The van der Waals surface area contributed by atoms with Crippen LogP contribution < -0.4 is 0 Å². The molecule has 4 heterocycles. The highest BCUT2D eigenvalue weighted by Crippen LogP contribution is 2.32. The number of rotatable bonds is 4. The molecule has 1 aromatic carbocycles. The molecule has 0 saturated heterocycles. The van der Waals surface area contributed by atoms with E-state index in [1.54, 1.807) is 29.5 Å². The Hall–Kier alpha value is -2.94. The minimum Gasteiger partial charge on any atom is -0.457 e. The van der Waals surface area contributed by atoms with Crippen LogP contribution in [0.2, 0.25) is 5.02 Å². The van der Waals surface area contributed by atoms with Crippen molar-refractivity contribution in [3.8, 4) is 11.3 Å². The SMILES string of the molecule is N=C1C(=Cc2ccc(-c3ccccc3Cl)o2)C(=O)N=C2SC(Cc3cccs3)=NN12. The molecule has 30 heavy (non-hydrogen) atoms. The maximum atomic E-state index is 12.6. The van der Waals surface area contributed by atoms with Crippen LogP contribution in [0.1, 0.15) is 10.6 Å². The Kier molecular flexibility index (Phi) is 4.90. The van der Waals surface area contributed by atoms with Gasteiger partial charge in [0.1, 0.15) is 16.6 Å². The van der Waals surface area contributed by atoms with E-state index in [-0.39, 0.29) is 11.4 Å². The van der Waals surface area contributed by atoms with Crippen LogP contribution in [0.25, 0.3) is 17.4 Å². The van der Waals surface area contributed by atoms with Crippen LogP contribution in [0.15, 0.2) is 74.0 Å². The van der Waals surface area contributed by atoms with Crippen LogP contribution in [0, 0.1) is 5.41 Å². The summed E-state index contributed by atoms with van der Waals surface area (Å²) in [5.41, 5.74) is 0.883. The number of hydrazone groups is 1. The zero-order chi connectivity index (χ0) is 20.7. The number of carbonyl (C=O) groups is 1. The fourth-order valence-electron chi connectivity index (χ4n) is 3.04. The highest BCUT2D eigenvalue weighted by atomic mass is 35.5. The Labute approximate surface area is 185 Å². The molecular formula is C21H13ClN4O2S2. The number of thioether (sulfide) groups is 1. The van der Waals surface area contributed by atoms with Gasteiger partial charge in [-0.05, 0) is 53.5 Å². The number of amidine groups is 2. The van der Waals surface area contributed by atoms with Gasteiger partial charge in [-0.3, -0.25) is 10.2 Å². The van der Waals surface area contributed by atoms with E-state index in [4.69, 9.17) is 21.4 Å². The van der Waals surface area contributed by atoms with E-state index in [0.717, 1.165) is 15.5 Å². The number of amides is 1. The number of nitrogens with zero attached hydrogens (tertiary/aromatic N) is 3. The predicted molar refractivity (Wildman–Crippen MR) is 122 cm³/mol. The molecule has 2 aromatic heterocycles. The van der Waals surface area contributed by atoms with Crippen LogP contribution in [0.4, 0.5) is 0 Å². The maximum absolute atomic E-state index is 12.6. The minimum absolute atomic E-state index is 0.0191. The minimum atomic E-state index is -0.484. The lowest BCUT2D eigenvalue weighted by molar-refractivity contribution is -0.114. The number of aliphatic imine (C=N–C) groups is 1. The monoisotopic (exact) mass is 452 g/mol. The topological polar surface area (TPSA) is 82.0 Å². The second kappa shape index (κ2) is 7.71. The first-order valence-corrected chi connectivity index (χ1v) is 11.0. The van der Waals surface area contributed by atoms with Crippen molar-refractivity contribution in [2.75, 3.05) is 0 Å². The number of halogens is 1. The van der Waals surface area contributed by atoms with Gasteiger partial charge >= 0.3 is 0 Å². The van der Waals surface area contributed by atoms with E-state index in [1.165, 1.54) is 22.8 Å². The quantitative estimate of drug-likeness (QED) is 0.528. The van der Waals surface area contributed by atoms with Crippen LogP contribution in [-0.4, -0.2) is 27.0 Å². The Morgan fingerprint density at radius 2 is 2.03 bits per heavy atom. The molecular weight excluding hydrogens is 440 g/mol. The molecule has 0 spiro atoms. The third-order valence-corrected chi connectivity index (χ3v) is 6.57. The fourth-order valence-corrected chi connectivity index (χ4v) is 4.98. The highest BCUT2D eigenvalue weighted by molar-refractivity contribution is 8.27. The second-order valence-electron chi connectivity index (χ2n) is 6.45. The van der Waals surface area contributed by atoms with Crippen LogP contribution in [-0.2, 0) is 11.2 Å². The number of hydrogen-bond acceptors (Lipinski definition) is 6. The molecule has 2 aliphatic rings. The van der Waals surface area contributed by atoms with Crippen molar-refractivity contribution < 1.29 is 9.21 Å². The third-order valence-electron chi connectivity index (χ3n) is 4.45. The Balaban J connectivity index is 1.42. The van der Waals surface area contributed by atoms with Crippen LogP contribution in [0.3, 0.4) is 0 Å². The summed E-state index contributed by atoms with van der Waals surface area (Å²) in [5, 5.41) is 18.1. The maximum Gasteiger partial charge on any atom is 0.283 e. The van der Waals surface area contributed by atoms with Crippen molar-refractivity contribution >= 4 is 62.7 Å². The van der Waals surface area contributed by atoms with Gasteiger partial charge in [0.2, 0.25) is 5.17 Å². The molecule has 2 aliphatic heterocycles. The average Bonchev–Trinajstić information content (AvgIpc) is 3.47. The van der Waals surface area contributed by atoms with Crippen LogP contribution in [0.5, 0.6) is 0 Å². The lowest BCUT2D eigenvalue weighted by Crippen LogP contribution is -2.35. The summed E-state index contributed by atoms with van der Waals surface area (Å²) >= 11 is 9.19. The molecule has 1 amide bonds. The summed E-state index contributed by atoms with van der Waals surface area (Å²) in [4.78, 5) is 17.8. The second-order valence-corrected chi connectivity index (χ2v) is 8.93. The molecule has 0 saturated carbocycles. The van der Waals surface area contributed by atoms with Gasteiger partial charge in [0.15, 0.2) is 5.84 Å². The van der Waals surface area contributed by atoms with Crippen LogP contribution >= 0.6 is 34.7 Å². The summed E-state index contributed by atoms with van der Waals surface area (Å²) < 4.78 is 5.84. The molecule has 0 aliphatic carbocycles. The largest absolute Gasteiger partial charge is 0.457 e. The van der Waals surface area contributed by atoms with Gasteiger partial charge in [0.05, 0.1) is 10.6 Å². The first kappa shape index (κ1) is 19.0. The predicted octanol–water partition coefficient (Wildman–Crippen LogP) is 5.52. The van der Waals surface area contributed by atoms with Crippen molar-refractivity contribution in [1.82, 2.24) is 5.01 Å². The summed E-state index contributed by atoms with van der Waals surface area (Å²) in [6, 6.07) is 14.9. The third kappa shape index (κ3) is 3.54. The number of nitrogens with one attached hydrogen (secondary N) is 1. The summed E-state index contributed by atoms with van der Waals surface area (Å²) in [5.74, 6) is 0.516. The van der Waals surface area contributed by atoms with E-state index in [2.05, 4.69) is 10.1 Å². The lowest BCUT2D eigenvalue weighted by atomic mass is 10.1.